The summed E-state index contributed by atoms with van der Waals surface area (Å²) in [6.07, 6.45) is 5.21. The lowest BCUT2D eigenvalue weighted by atomic mass is 9.82. The van der Waals surface area contributed by atoms with Gasteiger partial charge in [-0.15, -0.1) is 0 Å². The van der Waals surface area contributed by atoms with E-state index in [0.29, 0.717) is 5.92 Å². The second-order valence-corrected chi connectivity index (χ2v) is 6.89. The van der Waals surface area contributed by atoms with Crippen LogP contribution in [-0.2, 0) is 10.3 Å². The average Bonchev–Trinajstić information content (AvgIpc) is 2.95. The fourth-order valence-corrected chi connectivity index (χ4v) is 4.94. The molecule has 3 fully saturated rings. The molecule has 0 radical (unpaired) electrons. The molecular weight excluding hydrogens is 220 g/mol. The molecule has 1 aromatic rings. The molecule has 1 heteroatoms. The molecule has 4 rings (SSSR count). The van der Waals surface area contributed by atoms with Crippen molar-refractivity contribution < 1.29 is 4.74 Å². The van der Waals surface area contributed by atoms with E-state index in [1.165, 1.54) is 31.2 Å². The van der Waals surface area contributed by atoms with Crippen molar-refractivity contribution in [2.24, 2.45) is 17.8 Å². The molecule has 0 amide bonds. The minimum atomic E-state index is 0.0639. The van der Waals surface area contributed by atoms with E-state index in [2.05, 4.69) is 44.2 Å². The molecule has 1 heterocycles. The minimum Gasteiger partial charge on any atom is -0.363 e. The van der Waals surface area contributed by atoms with Crippen LogP contribution >= 0.6 is 0 Å². The molecule has 2 bridgehead atoms. The van der Waals surface area contributed by atoms with Gasteiger partial charge in [0, 0.05) is 0 Å². The van der Waals surface area contributed by atoms with Crippen molar-refractivity contribution in [1.29, 1.82) is 0 Å². The SMILES string of the molecule is CC(C)[C@@]12C[C@H]3CC[C@@](c4ccccc4)(O1)[C@@H]3C2. The van der Waals surface area contributed by atoms with Gasteiger partial charge in [0.2, 0.25) is 0 Å². The van der Waals surface area contributed by atoms with E-state index in [0.717, 1.165) is 11.8 Å². The lowest BCUT2D eigenvalue weighted by molar-refractivity contribution is -0.156. The maximum Gasteiger partial charge on any atom is 0.0970 e. The maximum absolute atomic E-state index is 6.77. The summed E-state index contributed by atoms with van der Waals surface area (Å²) in [5.74, 6) is 2.34. The van der Waals surface area contributed by atoms with Gasteiger partial charge in [-0.1, -0.05) is 44.2 Å². The van der Waals surface area contributed by atoms with Crippen LogP contribution in [0.15, 0.2) is 30.3 Å². The molecule has 2 saturated carbocycles. The normalized spacial score (nSPS) is 45.1. The quantitative estimate of drug-likeness (QED) is 0.757. The number of benzene rings is 1. The highest BCUT2D eigenvalue weighted by Gasteiger charge is 2.68. The van der Waals surface area contributed by atoms with E-state index in [4.69, 9.17) is 4.74 Å². The molecule has 18 heavy (non-hydrogen) atoms. The summed E-state index contributed by atoms with van der Waals surface area (Å²) in [4.78, 5) is 0. The molecule has 0 aromatic heterocycles. The van der Waals surface area contributed by atoms with Gasteiger partial charge in [-0.05, 0) is 49.0 Å². The molecule has 1 nitrogen and oxygen atoms in total. The molecule has 0 unspecified atom stereocenters. The van der Waals surface area contributed by atoms with E-state index in [1.54, 1.807) is 0 Å². The van der Waals surface area contributed by atoms with Crippen LogP contribution < -0.4 is 0 Å². The number of hydrogen-bond donors (Lipinski definition) is 0. The lowest BCUT2D eigenvalue weighted by Gasteiger charge is -2.40. The van der Waals surface area contributed by atoms with Gasteiger partial charge in [0.25, 0.3) is 0 Å². The van der Waals surface area contributed by atoms with E-state index < -0.39 is 0 Å². The highest BCUT2D eigenvalue weighted by molar-refractivity contribution is 5.31. The van der Waals surface area contributed by atoms with Crippen LogP contribution in [0.4, 0.5) is 0 Å². The van der Waals surface area contributed by atoms with Gasteiger partial charge in [0.15, 0.2) is 0 Å². The topological polar surface area (TPSA) is 9.23 Å². The third kappa shape index (κ3) is 1.17. The predicted molar refractivity (Wildman–Crippen MR) is 72.2 cm³/mol. The molecule has 1 saturated heterocycles. The lowest BCUT2D eigenvalue weighted by Crippen LogP contribution is -2.41. The van der Waals surface area contributed by atoms with Crippen molar-refractivity contribution in [1.82, 2.24) is 0 Å². The van der Waals surface area contributed by atoms with Crippen molar-refractivity contribution in [3.8, 4) is 0 Å². The molecule has 96 valence electrons. The first-order chi connectivity index (χ1) is 8.66. The van der Waals surface area contributed by atoms with Crippen molar-refractivity contribution in [2.45, 2.75) is 50.7 Å². The number of fused-ring (bicyclic) bond motifs is 1. The second kappa shape index (κ2) is 3.39. The molecule has 0 N–H and O–H groups in total. The summed E-state index contributed by atoms with van der Waals surface area (Å²) in [5.41, 5.74) is 1.68. The van der Waals surface area contributed by atoms with Crippen LogP contribution in [0.2, 0.25) is 0 Å². The Kier molecular flexibility index (Phi) is 2.08. The van der Waals surface area contributed by atoms with Gasteiger partial charge in [0.1, 0.15) is 0 Å². The van der Waals surface area contributed by atoms with Gasteiger partial charge >= 0.3 is 0 Å². The predicted octanol–water partition coefficient (Wildman–Crippen LogP) is 4.13. The Morgan fingerprint density at radius 3 is 2.61 bits per heavy atom. The Morgan fingerprint density at radius 2 is 1.94 bits per heavy atom. The summed E-state index contributed by atoms with van der Waals surface area (Å²) >= 11 is 0. The van der Waals surface area contributed by atoms with Gasteiger partial charge in [0.05, 0.1) is 11.2 Å². The number of hydrogen-bond acceptors (Lipinski definition) is 1. The zero-order valence-electron chi connectivity index (χ0n) is 11.4. The fourth-order valence-electron chi connectivity index (χ4n) is 4.94. The largest absolute Gasteiger partial charge is 0.363 e. The summed E-state index contributed by atoms with van der Waals surface area (Å²) in [5, 5.41) is 0. The van der Waals surface area contributed by atoms with Gasteiger partial charge in [-0.25, -0.2) is 0 Å². The van der Waals surface area contributed by atoms with Crippen LogP contribution in [0, 0.1) is 17.8 Å². The smallest absolute Gasteiger partial charge is 0.0970 e. The van der Waals surface area contributed by atoms with Crippen molar-refractivity contribution >= 4 is 0 Å². The standard InChI is InChI=1S/C17H22O/c1-12(2)16-10-13-8-9-17(18-16,15(13)11-16)14-6-4-3-5-7-14/h3-7,12-13,15H,8-11H2,1-2H3/t13-,15-,16+,17+/m1/s1. The van der Waals surface area contributed by atoms with Crippen LogP contribution in [-0.4, -0.2) is 5.60 Å². The zero-order chi connectivity index (χ0) is 12.4. The van der Waals surface area contributed by atoms with Gasteiger partial charge in [-0.3, -0.25) is 0 Å². The van der Waals surface area contributed by atoms with E-state index >= 15 is 0 Å². The highest BCUT2D eigenvalue weighted by Crippen LogP contribution is 2.69. The van der Waals surface area contributed by atoms with E-state index in [9.17, 15) is 0 Å². The monoisotopic (exact) mass is 242 g/mol. The number of rotatable bonds is 2. The molecule has 1 aliphatic heterocycles. The van der Waals surface area contributed by atoms with Crippen molar-refractivity contribution in [2.75, 3.05) is 0 Å². The summed E-state index contributed by atoms with van der Waals surface area (Å²) < 4.78 is 6.77. The summed E-state index contributed by atoms with van der Waals surface area (Å²) in [7, 11) is 0. The Labute approximate surface area is 110 Å². The molecule has 4 atom stereocenters. The first kappa shape index (κ1) is 11.0. The Hall–Kier alpha value is -0.820. The van der Waals surface area contributed by atoms with E-state index in [1.807, 2.05) is 0 Å². The first-order valence-corrected chi connectivity index (χ1v) is 7.42. The van der Waals surface area contributed by atoms with E-state index in [-0.39, 0.29) is 11.2 Å². The van der Waals surface area contributed by atoms with Crippen LogP contribution in [0.5, 0.6) is 0 Å². The fraction of sp³-hybridized carbons (Fsp3) is 0.647. The Morgan fingerprint density at radius 1 is 1.17 bits per heavy atom. The first-order valence-electron chi connectivity index (χ1n) is 7.42. The van der Waals surface area contributed by atoms with Crippen LogP contribution in [0.3, 0.4) is 0 Å². The average molecular weight is 242 g/mol. The van der Waals surface area contributed by atoms with Crippen molar-refractivity contribution in [3.63, 3.8) is 0 Å². The van der Waals surface area contributed by atoms with Crippen LogP contribution in [0.25, 0.3) is 0 Å². The zero-order valence-corrected chi connectivity index (χ0v) is 11.4. The highest BCUT2D eigenvalue weighted by atomic mass is 16.5. The minimum absolute atomic E-state index is 0.0639. The van der Waals surface area contributed by atoms with Gasteiger partial charge in [-0.2, -0.15) is 0 Å². The van der Waals surface area contributed by atoms with Crippen LogP contribution in [0.1, 0.15) is 45.1 Å². The molecule has 2 aliphatic carbocycles. The molecule has 0 spiro atoms. The van der Waals surface area contributed by atoms with Crippen molar-refractivity contribution in [3.05, 3.63) is 35.9 Å². The Balaban J connectivity index is 1.80. The van der Waals surface area contributed by atoms with Gasteiger partial charge < -0.3 is 4.74 Å². The molecular formula is C17H22O. The molecule has 3 aliphatic rings. The molecule has 1 aromatic carbocycles. The Bertz CT molecular complexity index is 466. The second-order valence-electron chi connectivity index (χ2n) is 6.89. The summed E-state index contributed by atoms with van der Waals surface area (Å²) in [6.45, 7) is 4.68. The third-order valence-electron chi connectivity index (χ3n) is 5.93. The maximum atomic E-state index is 6.77. The number of ether oxygens (including phenoxy) is 1. The third-order valence-corrected chi connectivity index (χ3v) is 5.93. The summed E-state index contributed by atoms with van der Waals surface area (Å²) in [6, 6.07) is 11.0.